The number of amides is 4. The predicted octanol–water partition coefficient (Wildman–Crippen LogP) is 10.1. The molecule has 24 heteroatoms. The smallest absolute Gasteiger partial charge is 0.306 e. The minimum Gasteiger partial charge on any atom is -0.481 e. The number of nitrogens with two attached hydrogens (primary N) is 1. The molecule has 2 saturated heterocycles. The molecule has 96 heavy (non-hydrogen) atoms. The highest BCUT2D eigenvalue weighted by molar-refractivity contribution is 7.13. The lowest BCUT2D eigenvalue weighted by molar-refractivity contribution is -0.155. The predicted molar refractivity (Wildman–Crippen MR) is 371 cm³/mol. The molecule has 4 heterocycles. The number of aryl methyl sites for hydroxylation is 4. The normalized spacial score (nSPS) is 16.9. The van der Waals surface area contributed by atoms with Crippen molar-refractivity contribution >= 4 is 81.6 Å². The van der Waals surface area contributed by atoms with Gasteiger partial charge in [0.1, 0.15) is 23.5 Å². The van der Waals surface area contributed by atoms with Crippen molar-refractivity contribution in [2.45, 2.75) is 253 Å². The average molecular weight is 1370 g/mol. The Bertz CT molecular complexity index is 3200. The third kappa shape index (κ3) is 28.5. The average Bonchev–Trinajstić information content (AvgIpc) is 1.57. The zero-order valence-corrected chi connectivity index (χ0v) is 59.8. The standard InChI is InChI=1S/C33H45N3O7S.C30H41N3O6S.C9H19NO2/c1-21-30(44-20-34-21)23-13-10-22(11-14-23)12-16-27(39)26-18-25(38)19-36(26)32(43)31(33(2,3)4)35-28(40)9-7-5-6-8-24(37)15-17-29(41)42;1-19-27(40-18-31-19)21-13-10-20(11-14-21)12-15-24(35)23-16-22(34)17-33(23)29(39)28(30(2,3)4)32-25(36)8-6-5-7-9-26(37)38;1-9(2,3)12-8(11)6-4-5-7-10/h10-11,13-14,20,25-26,31,38H,5-9,12,15-19H2,1-4H3,(H,35,40)(H,41,42);10-11,13-14,18,22-23,28,34H,5-9,12,15-17H2,1-4H3,(H,32,36)(H,37,38);4-7,10H2,1-3H3/t25-,26+,31-;22-,23+,28-;/m11./s1. The molecule has 0 aliphatic carbocycles. The van der Waals surface area contributed by atoms with Gasteiger partial charge in [-0.05, 0) is 126 Å². The highest BCUT2D eigenvalue weighted by atomic mass is 32.1. The first-order valence-corrected chi connectivity index (χ1v) is 35.3. The van der Waals surface area contributed by atoms with E-state index in [1.54, 1.807) is 22.7 Å². The van der Waals surface area contributed by atoms with Crippen LogP contribution in [-0.2, 0) is 65.5 Å². The summed E-state index contributed by atoms with van der Waals surface area (Å²) in [6, 6.07) is 12.9. The minimum atomic E-state index is -0.999. The molecule has 0 spiro atoms. The fraction of sp³-hybridized carbons (Fsp3) is 0.611. The number of aromatic nitrogens is 2. The summed E-state index contributed by atoms with van der Waals surface area (Å²) in [5, 5.41) is 44.0. The summed E-state index contributed by atoms with van der Waals surface area (Å²) in [5.74, 6) is -3.65. The summed E-state index contributed by atoms with van der Waals surface area (Å²) in [6.45, 7) is 21.4. The van der Waals surface area contributed by atoms with Crippen LogP contribution >= 0.6 is 22.7 Å². The number of aliphatic carboxylic acids is 2. The third-order valence-corrected chi connectivity index (χ3v) is 18.4. The number of aliphatic hydroxyl groups is 2. The van der Waals surface area contributed by atoms with Gasteiger partial charge >= 0.3 is 17.9 Å². The molecule has 2 aromatic carbocycles. The van der Waals surface area contributed by atoms with E-state index in [4.69, 9.17) is 20.7 Å². The van der Waals surface area contributed by atoms with Crippen LogP contribution in [0.25, 0.3) is 20.9 Å². The van der Waals surface area contributed by atoms with Crippen LogP contribution in [0.4, 0.5) is 0 Å². The number of hydrogen-bond acceptors (Lipinski definition) is 18. The zero-order valence-electron chi connectivity index (χ0n) is 58.2. The van der Waals surface area contributed by atoms with Gasteiger partial charge in [0.15, 0.2) is 11.6 Å². The molecule has 2 aromatic heterocycles. The van der Waals surface area contributed by atoms with Crippen LogP contribution in [-0.4, -0.2) is 161 Å². The van der Waals surface area contributed by atoms with Crippen LogP contribution in [0.3, 0.4) is 0 Å². The van der Waals surface area contributed by atoms with Gasteiger partial charge in [0.05, 0.1) is 62.9 Å². The Labute approximate surface area is 574 Å². The SMILES string of the molecule is CC(C)(C)OC(=O)CCCCN.Cc1ncsc1-c1ccc(CCC(=O)[C@@H]2C[C@@H](O)CN2C(=O)[C@@H](NC(=O)CCCCCC(=O)CCC(=O)O)C(C)(C)C)cc1.Cc1ncsc1-c1ccc(CCC(=O)[C@@H]2C[C@@H](O)CN2C(=O)[C@@H](NC(=O)CCCCCC(=O)O)C(C)(C)C)cc1. The lowest BCUT2D eigenvalue weighted by Gasteiger charge is -2.35. The molecule has 2 aliphatic rings. The molecule has 6 rings (SSSR count). The van der Waals surface area contributed by atoms with Crippen molar-refractivity contribution in [1.82, 2.24) is 30.4 Å². The molecule has 0 radical (unpaired) electrons. The van der Waals surface area contributed by atoms with Crippen LogP contribution in [0.5, 0.6) is 0 Å². The fourth-order valence-corrected chi connectivity index (χ4v) is 12.8. The number of carboxylic acids is 2. The number of hydrogen-bond donors (Lipinski definition) is 7. The van der Waals surface area contributed by atoms with Gasteiger partial charge in [0, 0.05) is 77.3 Å². The van der Waals surface area contributed by atoms with Crippen LogP contribution in [0, 0.1) is 24.7 Å². The number of carbonyl (C=O) groups is 10. The number of Topliss-reactive ketones (excluding diaryl/α,β-unsaturated/α-hetero) is 3. The van der Waals surface area contributed by atoms with E-state index in [1.165, 1.54) is 9.80 Å². The summed E-state index contributed by atoms with van der Waals surface area (Å²) in [4.78, 5) is 137. The summed E-state index contributed by atoms with van der Waals surface area (Å²) in [6.07, 6.45) is 6.34. The van der Waals surface area contributed by atoms with Crippen molar-refractivity contribution in [3.05, 3.63) is 82.1 Å². The number of carboxylic acid groups (broad SMARTS) is 2. The zero-order chi connectivity index (χ0) is 71.5. The second kappa shape index (κ2) is 39.3. The Morgan fingerprint density at radius 2 is 0.917 bits per heavy atom. The number of benzene rings is 2. The van der Waals surface area contributed by atoms with E-state index in [9.17, 15) is 58.2 Å². The van der Waals surface area contributed by atoms with E-state index in [1.807, 2.05) is 136 Å². The van der Waals surface area contributed by atoms with Crippen molar-refractivity contribution < 1.29 is 73.1 Å². The topological polar surface area (TPSA) is 343 Å². The molecule has 6 atom stereocenters. The Kier molecular flexibility index (Phi) is 33.3. The highest BCUT2D eigenvalue weighted by Crippen LogP contribution is 2.32. The lowest BCUT2D eigenvalue weighted by atomic mass is 9.85. The molecular weight excluding hydrogens is 1270 g/mol. The van der Waals surface area contributed by atoms with E-state index in [0.29, 0.717) is 64.3 Å². The molecule has 0 saturated carbocycles. The lowest BCUT2D eigenvalue weighted by Crippen LogP contribution is -2.56. The van der Waals surface area contributed by atoms with Gasteiger partial charge < -0.3 is 51.3 Å². The van der Waals surface area contributed by atoms with Crippen molar-refractivity contribution in [2.75, 3.05) is 19.6 Å². The van der Waals surface area contributed by atoms with Gasteiger partial charge in [-0.25, -0.2) is 9.97 Å². The number of nitrogens with one attached hydrogen (secondary N) is 2. The Morgan fingerprint density at radius 1 is 0.531 bits per heavy atom. The molecular formula is C72H105N7O15S2. The molecule has 4 aromatic rings. The Hall–Kier alpha value is -7.12. The van der Waals surface area contributed by atoms with E-state index in [-0.39, 0.29) is 130 Å². The molecule has 530 valence electrons. The number of thiazole rings is 2. The van der Waals surface area contributed by atoms with Gasteiger partial charge in [0.25, 0.3) is 0 Å². The fourth-order valence-electron chi connectivity index (χ4n) is 11.2. The number of aliphatic hydroxyl groups excluding tert-OH is 2. The first-order valence-electron chi connectivity index (χ1n) is 33.6. The van der Waals surface area contributed by atoms with Crippen LogP contribution in [0.1, 0.15) is 207 Å². The Morgan fingerprint density at radius 3 is 1.27 bits per heavy atom. The van der Waals surface area contributed by atoms with Gasteiger partial charge in [-0.15, -0.1) is 22.7 Å². The number of likely N-dealkylation sites (tertiary alicyclic amines) is 2. The minimum absolute atomic E-state index is 0.0147. The number of unbranched alkanes of at least 4 members (excludes halogenated alkanes) is 5. The number of carbonyl (C=O) groups excluding carboxylic acids is 8. The van der Waals surface area contributed by atoms with E-state index < -0.39 is 59.1 Å². The van der Waals surface area contributed by atoms with Crippen molar-refractivity contribution in [3.63, 3.8) is 0 Å². The van der Waals surface area contributed by atoms with E-state index >= 15 is 0 Å². The maximum atomic E-state index is 13.8. The number of rotatable bonds is 33. The van der Waals surface area contributed by atoms with Gasteiger partial charge in [-0.3, -0.25) is 47.9 Å². The van der Waals surface area contributed by atoms with Crippen LogP contribution < -0.4 is 16.4 Å². The van der Waals surface area contributed by atoms with E-state index in [0.717, 1.165) is 56.2 Å². The van der Waals surface area contributed by atoms with E-state index in [2.05, 4.69) is 20.6 Å². The number of β-amino-alcohol motifs (C(OH)–C–C–N with tert-alkyl or cyclic N) is 2. The first kappa shape index (κ1) is 81.3. The first-order chi connectivity index (χ1) is 45.1. The molecule has 4 amide bonds. The second-order valence-corrected chi connectivity index (χ2v) is 29.9. The molecule has 0 bridgehead atoms. The summed E-state index contributed by atoms with van der Waals surface area (Å²) in [5.41, 5.74) is 13.5. The third-order valence-electron chi connectivity index (χ3n) is 16.5. The van der Waals surface area contributed by atoms with Crippen molar-refractivity contribution in [3.8, 4) is 20.9 Å². The molecule has 2 fully saturated rings. The largest absolute Gasteiger partial charge is 0.481 e. The monoisotopic (exact) mass is 1370 g/mol. The number of esters is 1. The quantitative estimate of drug-likeness (QED) is 0.0172. The number of ketones is 3. The van der Waals surface area contributed by atoms with Crippen LogP contribution in [0.15, 0.2) is 59.6 Å². The summed E-state index contributed by atoms with van der Waals surface area (Å²) >= 11 is 3.17. The summed E-state index contributed by atoms with van der Waals surface area (Å²) < 4.78 is 5.10. The number of ether oxygens (including phenoxy) is 1. The molecule has 0 unspecified atom stereocenters. The van der Waals surface area contributed by atoms with Gasteiger partial charge in [-0.2, -0.15) is 0 Å². The van der Waals surface area contributed by atoms with Crippen LogP contribution in [0.2, 0.25) is 0 Å². The van der Waals surface area contributed by atoms with Crippen molar-refractivity contribution in [2.24, 2.45) is 16.6 Å². The molecule has 8 N–H and O–H groups in total. The molecule has 2 aliphatic heterocycles. The van der Waals surface area contributed by atoms with Crippen molar-refractivity contribution in [1.29, 1.82) is 0 Å². The maximum Gasteiger partial charge on any atom is 0.306 e. The maximum absolute atomic E-state index is 13.8. The summed E-state index contributed by atoms with van der Waals surface area (Å²) in [7, 11) is 0. The second-order valence-electron chi connectivity index (χ2n) is 28.2. The highest BCUT2D eigenvalue weighted by Gasteiger charge is 2.46. The van der Waals surface area contributed by atoms with Gasteiger partial charge in [-0.1, -0.05) is 103 Å². The van der Waals surface area contributed by atoms with Gasteiger partial charge in [0.2, 0.25) is 23.6 Å². The molecule has 22 nitrogen and oxygen atoms in total. The Balaban J connectivity index is 0.000000350. The number of nitrogens with zero attached hydrogens (tertiary/aromatic N) is 4.